The fourth-order valence-corrected chi connectivity index (χ4v) is 3.01. The highest BCUT2D eigenvalue weighted by Gasteiger charge is 2.36. The summed E-state index contributed by atoms with van der Waals surface area (Å²) in [6, 6.07) is -0.0439. The van der Waals surface area contributed by atoms with Crippen LogP contribution in [-0.2, 0) is 9.53 Å². The molecule has 2 rings (SSSR count). The molecule has 2 aliphatic rings. The van der Waals surface area contributed by atoms with Crippen LogP contribution < -0.4 is 10.6 Å². The fourth-order valence-electron chi connectivity index (χ4n) is 3.01. The van der Waals surface area contributed by atoms with Gasteiger partial charge in [0.15, 0.2) is 0 Å². The van der Waals surface area contributed by atoms with Crippen LogP contribution in [0, 0.1) is 11.3 Å². The smallest absolute Gasteiger partial charge is 0.223 e. The quantitative estimate of drug-likeness (QED) is 0.710. The first kappa shape index (κ1) is 16.7. The number of aliphatic hydroxyl groups is 1. The van der Waals surface area contributed by atoms with E-state index in [1.54, 1.807) is 0 Å². The van der Waals surface area contributed by atoms with Gasteiger partial charge in [-0.1, -0.05) is 33.6 Å². The Hall–Kier alpha value is -0.650. The molecule has 0 aromatic carbocycles. The Kier molecular flexibility index (Phi) is 5.63. The maximum Gasteiger partial charge on any atom is 0.223 e. The first-order chi connectivity index (χ1) is 9.87. The molecule has 5 nitrogen and oxygen atoms in total. The molecule has 1 aliphatic heterocycles. The van der Waals surface area contributed by atoms with Crippen LogP contribution in [0.1, 0.15) is 46.5 Å². The molecule has 0 aromatic heterocycles. The van der Waals surface area contributed by atoms with Crippen molar-refractivity contribution in [2.75, 3.05) is 19.7 Å². The van der Waals surface area contributed by atoms with Crippen molar-refractivity contribution >= 4 is 5.91 Å². The van der Waals surface area contributed by atoms with Crippen LogP contribution in [0.3, 0.4) is 0 Å². The molecule has 1 saturated heterocycles. The summed E-state index contributed by atoms with van der Waals surface area (Å²) in [7, 11) is 0. The van der Waals surface area contributed by atoms with Gasteiger partial charge in [-0.15, -0.1) is 0 Å². The summed E-state index contributed by atoms with van der Waals surface area (Å²) < 4.78 is 5.63. The Morgan fingerprint density at radius 1 is 1.29 bits per heavy atom. The normalized spacial score (nSPS) is 30.8. The van der Waals surface area contributed by atoms with E-state index in [0.29, 0.717) is 13.2 Å². The van der Waals surface area contributed by atoms with Crippen molar-refractivity contribution in [3.8, 4) is 0 Å². The van der Waals surface area contributed by atoms with Crippen molar-refractivity contribution in [3.05, 3.63) is 0 Å². The molecule has 0 radical (unpaired) electrons. The largest absolute Gasteiger partial charge is 0.389 e. The van der Waals surface area contributed by atoms with Gasteiger partial charge in [-0.3, -0.25) is 4.79 Å². The van der Waals surface area contributed by atoms with E-state index in [1.807, 2.05) is 0 Å². The van der Waals surface area contributed by atoms with E-state index in [-0.39, 0.29) is 29.4 Å². The zero-order chi connectivity index (χ0) is 15.5. The van der Waals surface area contributed by atoms with Crippen molar-refractivity contribution in [2.45, 2.75) is 64.7 Å². The van der Waals surface area contributed by atoms with Gasteiger partial charge < -0.3 is 20.5 Å². The van der Waals surface area contributed by atoms with Gasteiger partial charge in [0.1, 0.15) is 6.10 Å². The second-order valence-electron chi connectivity index (χ2n) is 7.64. The van der Waals surface area contributed by atoms with Crippen molar-refractivity contribution < 1.29 is 14.6 Å². The van der Waals surface area contributed by atoms with Crippen molar-refractivity contribution in [1.82, 2.24) is 10.6 Å². The van der Waals surface area contributed by atoms with Crippen LogP contribution in [0.25, 0.3) is 0 Å². The highest BCUT2D eigenvalue weighted by molar-refractivity contribution is 5.78. The Morgan fingerprint density at radius 2 is 1.95 bits per heavy atom. The number of hydrogen-bond acceptors (Lipinski definition) is 4. The van der Waals surface area contributed by atoms with Gasteiger partial charge in [-0.25, -0.2) is 0 Å². The molecule has 3 unspecified atom stereocenters. The number of rotatable bonds is 5. The number of nitrogens with one attached hydrogen (secondary N) is 2. The third-order valence-electron chi connectivity index (χ3n) is 4.38. The standard InChI is InChI=1S/C16H30N2O3/c1-16(2,3)10-18-12-9-21-13(14(12)19)8-17-15(20)11-6-4-5-7-11/h11-14,18-19H,4-10H2,1-3H3,(H,17,20). The monoisotopic (exact) mass is 298 g/mol. The number of aliphatic hydroxyl groups excluding tert-OH is 1. The lowest BCUT2D eigenvalue weighted by Gasteiger charge is -2.24. The number of carbonyl (C=O) groups excluding carboxylic acids is 1. The van der Waals surface area contributed by atoms with Gasteiger partial charge >= 0.3 is 0 Å². The van der Waals surface area contributed by atoms with Gasteiger partial charge in [0.05, 0.1) is 18.8 Å². The van der Waals surface area contributed by atoms with Crippen molar-refractivity contribution in [2.24, 2.45) is 11.3 Å². The molecular formula is C16H30N2O3. The Bertz CT molecular complexity index is 348. The fraction of sp³-hybridized carbons (Fsp3) is 0.938. The molecule has 3 atom stereocenters. The molecule has 5 heteroatoms. The summed E-state index contributed by atoms with van der Waals surface area (Å²) in [6.07, 6.45) is 3.44. The summed E-state index contributed by atoms with van der Waals surface area (Å²) in [5.74, 6) is 0.285. The number of carbonyl (C=O) groups is 1. The van der Waals surface area contributed by atoms with Gasteiger partial charge in [-0.2, -0.15) is 0 Å². The van der Waals surface area contributed by atoms with E-state index < -0.39 is 6.10 Å². The molecule has 2 fully saturated rings. The zero-order valence-electron chi connectivity index (χ0n) is 13.5. The van der Waals surface area contributed by atoms with Gasteiger partial charge in [0.25, 0.3) is 0 Å². The van der Waals surface area contributed by atoms with Crippen LogP contribution in [0.15, 0.2) is 0 Å². The van der Waals surface area contributed by atoms with Crippen molar-refractivity contribution in [3.63, 3.8) is 0 Å². The van der Waals surface area contributed by atoms with Crippen LogP contribution >= 0.6 is 0 Å². The minimum absolute atomic E-state index is 0.0439. The van der Waals surface area contributed by atoms with E-state index in [0.717, 1.165) is 32.2 Å². The lowest BCUT2D eigenvalue weighted by Crippen LogP contribution is -2.47. The van der Waals surface area contributed by atoms with E-state index in [4.69, 9.17) is 4.74 Å². The molecule has 3 N–H and O–H groups in total. The molecule has 1 amide bonds. The molecule has 0 bridgehead atoms. The first-order valence-corrected chi connectivity index (χ1v) is 8.17. The zero-order valence-corrected chi connectivity index (χ0v) is 13.5. The third kappa shape index (κ3) is 4.94. The molecule has 1 aliphatic carbocycles. The van der Waals surface area contributed by atoms with E-state index >= 15 is 0 Å². The summed E-state index contributed by atoms with van der Waals surface area (Å²) in [4.78, 5) is 12.0. The SMILES string of the molecule is CC(C)(C)CNC1COC(CNC(=O)C2CCCC2)C1O. The van der Waals surface area contributed by atoms with Gasteiger partial charge in [-0.05, 0) is 18.3 Å². The Labute approximate surface area is 127 Å². The van der Waals surface area contributed by atoms with Crippen LogP contribution in [0.5, 0.6) is 0 Å². The van der Waals surface area contributed by atoms with Crippen LogP contribution in [-0.4, -0.2) is 49.0 Å². The maximum absolute atomic E-state index is 12.0. The minimum atomic E-state index is -0.559. The molecule has 1 heterocycles. The van der Waals surface area contributed by atoms with E-state index in [1.165, 1.54) is 0 Å². The summed E-state index contributed by atoms with van der Waals surface area (Å²) >= 11 is 0. The number of amides is 1. The second-order valence-corrected chi connectivity index (χ2v) is 7.64. The molecular weight excluding hydrogens is 268 g/mol. The summed E-state index contributed by atoms with van der Waals surface area (Å²) in [5.41, 5.74) is 0.175. The van der Waals surface area contributed by atoms with E-state index in [9.17, 15) is 9.90 Å². The minimum Gasteiger partial charge on any atom is -0.389 e. The Balaban J connectivity index is 1.71. The van der Waals surface area contributed by atoms with Crippen LogP contribution in [0.2, 0.25) is 0 Å². The van der Waals surface area contributed by atoms with Crippen molar-refractivity contribution in [1.29, 1.82) is 0 Å². The molecule has 1 saturated carbocycles. The first-order valence-electron chi connectivity index (χ1n) is 8.17. The maximum atomic E-state index is 12.0. The highest BCUT2D eigenvalue weighted by Crippen LogP contribution is 2.24. The average molecular weight is 298 g/mol. The average Bonchev–Trinajstić information content (AvgIpc) is 3.03. The summed E-state index contributed by atoms with van der Waals surface area (Å²) in [5, 5.41) is 16.6. The highest BCUT2D eigenvalue weighted by atomic mass is 16.5. The number of hydrogen-bond donors (Lipinski definition) is 3. The second kappa shape index (κ2) is 7.07. The topological polar surface area (TPSA) is 70.6 Å². The molecule has 122 valence electrons. The van der Waals surface area contributed by atoms with Crippen LogP contribution in [0.4, 0.5) is 0 Å². The number of ether oxygens (including phenoxy) is 1. The molecule has 0 spiro atoms. The lowest BCUT2D eigenvalue weighted by molar-refractivity contribution is -0.125. The van der Waals surface area contributed by atoms with Gasteiger partial charge in [0.2, 0.25) is 5.91 Å². The predicted molar refractivity (Wildman–Crippen MR) is 82.0 cm³/mol. The van der Waals surface area contributed by atoms with Gasteiger partial charge in [0, 0.05) is 19.0 Å². The Morgan fingerprint density at radius 3 is 2.57 bits per heavy atom. The predicted octanol–water partition coefficient (Wildman–Crippen LogP) is 1.06. The van der Waals surface area contributed by atoms with E-state index in [2.05, 4.69) is 31.4 Å². The third-order valence-corrected chi connectivity index (χ3v) is 4.38. The lowest BCUT2D eigenvalue weighted by atomic mass is 9.96. The molecule has 0 aromatic rings. The summed E-state index contributed by atoms with van der Waals surface area (Å²) in [6.45, 7) is 8.20. The molecule has 21 heavy (non-hydrogen) atoms.